The van der Waals surface area contributed by atoms with Crippen LogP contribution in [0.15, 0.2) is 30.7 Å². The van der Waals surface area contributed by atoms with Crippen LogP contribution in [0.5, 0.6) is 0 Å². The molecular weight excluding hydrogens is 248 g/mol. The SMILES string of the molecule is Cc1cn(CCc2cccnc2)c(NC2CCCC2)n1. The minimum atomic E-state index is 0.606. The number of imidazole rings is 1. The predicted octanol–water partition coefficient (Wildman–Crippen LogP) is 3.18. The Hall–Kier alpha value is -1.84. The van der Waals surface area contributed by atoms with Crippen molar-refractivity contribution in [3.05, 3.63) is 42.0 Å². The molecule has 1 fully saturated rings. The van der Waals surface area contributed by atoms with Crippen LogP contribution < -0.4 is 5.32 Å². The van der Waals surface area contributed by atoms with E-state index in [0.717, 1.165) is 24.6 Å². The summed E-state index contributed by atoms with van der Waals surface area (Å²) < 4.78 is 2.24. The first-order valence-electron chi connectivity index (χ1n) is 7.50. The highest BCUT2D eigenvalue weighted by atomic mass is 15.2. The van der Waals surface area contributed by atoms with E-state index < -0.39 is 0 Å². The van der Waals surface area contributed by atoms with Crippen LogP contribution in [0.1, 0.15) is 36.9 Å². The largest absolute Gasteiger partial charge is 0.353 e. The fourth-order valence-corrected chi connectivity index (χ4v) is 2.88. The molecule has 4 nitrogen and oxygen atoms in total. The second kappa shape index (κ2) is 6.07. The second-order valence-electron chi connectivity index (χ2n) is 5.64. The van der Waals surface area contributed by atoms with Crippen LogP contribution in [0, 0.1) is 6.92 Å². The van der Waals surface area contributed by atoms with Crippen LogP contribution in [0.3, 0.4) is 0 Å². The molecule has 0 aliphatic heterocycles. The average molecular weight is 270 g/mol. The molecule has 3 rings (SSSR count). The van der Waals surface area contributed by atoms with Crippen molar-refractivity contribution in [2.45, 2.75) is 51.6 Å². The molecule has 1 aliphatic carbocycles. The van der Waals surface area contributed by atoms with E-state index in [1.54, 1.807) is 0 Å². The molecule has 0 amide bonds. The van der Waals surface area contributed by atoms with Crippen molar-refractivity contribution in [1.82, 2.24) is 14.5 Å². The van der Waals surface area contributed by atoms with Crippen LogP contribution >= 0.6 is 0 Å². The predicted molar refractivity (Wildman–Crippen MR) is 80.8 cm³/mol. The molecule has 0 bridgehead atoms. The Morgan fingerprint density at radius 2 is 2.20 bits per heavy atom. The molecule has 2 aromatic rings. The number of anilines is 1. The highest BCUT2D eigenvalue weighted by Crippen LogP contribution is 2.22. The molecule has 4 heteroatoms. The third-order valence-electron chi connectivity index (χ3n) is 3.95. The van der Waals surface area contributed by atoms with E-state index in [1.165, 1.54) is 31.2 Å². The zero-order valence-corrected chi connectivity index (χ0v) is 12.0. The van der Waals surface area contributed by atoms with Crippen LogP contribution in [0.2, 0.25) is 0 Å². The van der Waals surface area contributed by atoms with E-state index in [9.17, 15) is 0 Å². The number of nitrogens with one attached hydrogen (secondary N) is 1. The van der Waals surface area contributed by atoms with Gasteiger partial charge in [-0.25, -0.2) is 4.98 Å². The van der Waals surface area contributed by atoms with Crippen LogP contribution in [-0.4, -0.2) is 20.6 Å². The molecule has 0 radical (unpaired) electrons. The molecule has 106 valence electrons. The van der Waals surface area contributed by atoms with E-state index in [2.05, 4.69) is 39.0 Å². The molecule has 2 aromatic heterocycles. The van der Waals surface area contributed by atoms with E-state index in [0.29, 0.717) is 6.04 Å². The Balaban J connectivity index is 1.66. The maximum Gasteiger partial charge on any atom is 0.203 e. The zero-order valence-electron chi connectivity index (χ0n) is 12.0. The summed E-state index contributed by atoms with van der Waals surface area (Å²) in [5, 5.41) is 3.60. The van der Waals surface area contributed by atoms with Crippen molar-refractivity contribution < 1.29 is 0 Å². The summed E-state index contributed by atoms with van der Waals surface area (Å²) in [5.74, 6) is 1.03. The number of hydrogen-bond acceptors (Lipinski definition) is 3. The van der Waals surface area contributed by atoms with Gasteiger partial charge >= 0.3 is 0 Å². The van der Waals surface area contributed by atoms with E-state index >= 15 is 0 Å². The topological polar surface area (TPSA) is 42.7 Å². The maximum atomic E-state index is 4.62. The summed E-state index contributed by atoms with van der Waals surface area (Å²) in [6, 6.07) is 4.72. The minimum Gasteiger partial charge on any atom is -0.353 e. The standard InChI is InChI=1S/C16H22N4/c1-13-12-20(10-8-14-5-4-9-17-11-14)16(18-13)19-15-6-2-3-7-15/h4-5,9,11-12,15H,2-3,6-8,10H2,1H3,(H,18,19). The van der Waals surface area contributed by atoms with Crippen molar-refractivity contribution in [3.8, 4) is 0 Å². The first-order valence-corrected chi connectivity index (χ1v) is 7.50. The highest BCUT2D eigenvalue weighted by molar-refractivity contribution is 5.30. The van der Waals surface area contributed by atoms with Gasteiger partial charge < -0.3 is 9.88 Å². The Bertz CT molecular complexity index is 541. The third kappa shape index (κ3) is 3.18. The zero-order chi connectivity index (χ0) is 13.8. The molecule has 1 saturated carbocycles. The van der Waals surface area contributed by atoms with Crippen molar-refractivity contribution in [2.75, 3.05) is 5.32 Å². The van der Waals surface area contributed by atoms with Crippen LogP contribution in [0.25, 0.3) is 0 Å². The quantitative estimate of drug-likeness (QED) is 0.907. The summed E-state index contributed by atoms with van der Waals surface area (Å²) in [4.78, 5) is 8.79. The monoisotopic (exact) mass is 270 g/mol. The number of aromatic nitrogens is 3. The molecule has 20 heavy (non-hydrogen) atoms. The molecular formula is C16H22N4. The van der Waals surface area contributed by atoms with Crippen molar-refractivity contribution >= 4 is 5.95 Å². The van der Waals surface area contributed by atoms with Crippen LogP contribution in [-0.2, 0) is 13.0 Å². The van der Waals surface area contributed by atoms with Crippen molar-refractivity contribution in [1.29, 1.82) is 0 Å². The van der Waals surface area contributed by atoms with Gasteiger partial charge in [-0.2, -0.15) is 0 Å². The Morgan fingerprint density at radius 1 is 1.35 bits per heavy atom. The van der Waals surface area contributed by atoms with E-state index in [1.807, 2.05) is 18.5 Å². The summed E-state index contributed by atoms with van der Waals surface area (Å²) in [6.45, 7) is 3.00. The third-order valence-corrected chi connectivity index (χ3v) is 3.95. The van der Waals surface area contributed by atoms with Gasteiger partial charge in [-0.1, -0.05) is 18.9 Å². The number of aryl methyl sites for hydroxylation is 3. The molecule has 0 spiro atoms. The van der Waals surface area contributed by atoms with Gasteiger partial charge in [0.2, 0.25) is 5.95 Å². The summed E-state index contributed by atoms with van der Waals surface area (Å²) in [5.41, 5.74) is 2.35. The molecule has 0 atom stereocenters. The molecule has 0 unspecified atom stereocenters. The molecule has 2 heterocycles. The average Bonchev–Trinajstić information content (AvgIpc) is 3.08. The van der Waals surface area contributed by atoms with Gasteiger partial charge in [0.1, 0.15) is 0 Å². The molecule has 1 N–H and O–H groups in total. The summed E-state index contributed by atoms with van der Waals surface area (Å²) in [7, 11) is 0. The normalized spacial score (nSPS) is 15.7. The lowest BCUT2D eigenvalue weighted by atomic mass is 10.2. The van der Waals surface area contributed by atoms with Gasteiger partial charge in [-0.05, 0) is 37.8 Å². The smallest absolute Gasteiger partial charge is 0.203 e. The first-order chi connectivity index (χ1) is 9.81. The first kappa shape index (κ1) is 13.2. The van der Waals surface area contributed by atoms with Gasteiger partial charge in [0.05, 0.1) is 5.69 Å². The summed E-state index contributed by atoms with van der Waals surface area (Å²) >= 11 is 0. The van der Waals surface area contributed by atoms with Gasteiger partial charge in [-0.15, -0.1) is 0 Å². The van der Waals surface area contributed by atoms with Crippen molar-refractivity contribution in [3.63, 3.8) is 0 Å². The fourth-order valence-electron chi connectivity index (χ4n) is 2.88. The Labute approximate surface area is 120 Å². The summed E-state index contributed by atoms with van der Waals surface area (Å²) in [6.07, 6.45) is 12.1. The maximum absolute atomic E-state index is 4.62. The van der Waals surface area contributed by atoms with Gasteiger partial charge in [-0.3, -0.25) is 4.98 Å². The highest BCUT2D eigenvalue weighted by Gasteiger charge is 2.17. The van der Waals surface area contributed by atoms with Crippen molar-refractivity contribution in [2.24, 2.45) is 0 Å². The lowest BCUT2D eigenvalue weighted by Gasteiger charge is -2.14. The molecule has 1 aliphatic rings. The molecule has 0 saturated heterocycles. The van der Waals surface area contributed by atoms with E-state index in [-0.39, 0.29) is 0 Å². The lowest BCUT2D eigenvalue weighted by molar-refractivity contribution is 0.673. The number of nitrogens with zero attached hydrogens (tertiary/aromatic N) is 3. The van der Waals surface area contributed by atoms with Crippen LogP contribution in [0.4, 0.5) is 5.95 Å². The fraction of sp³-hybridized carbons (Fsp3) is 0.500. The number of hydrogen-bond donors (Lipinski definition) is 1. The van der Waals surface area contributed by atoms with Gasteiger partial charge in [0.15, 0.2) is 0 Å². The number of rotatable bonds is 5. The lowest BCUT2D eigenvalue weighted by Crippen LogP contribution is -2.18. The Kier molecular flexibility index (Phi) is 4.00. The van der Waals surface area contributed by atoms with E-state index in [4.69, 9.17) is 0 Å². The number of pyridine rings is 1. The molecule has 0 aromatic carbocycles. The Morgan fingerprint density at radius 3 is 2.95 bits per heavy atom. The minimum absolute atomic E-state index is 0.606. The second-order valence-corrected chi connectivity index (χ2v) is 5.64. The van der Waals surface area contributed by atoms with Gasteiger partial charge in [0.25, 0.3) is 0 Å². The van der Waals surface area contributed by atoms with Gasteiger partial charge in [0, 0.05) is 31.2 Å².